The summed E-state index contributed by atoms with van der Waals surface area (Å²) in [5, 5.41) is 13.0. The topological polar surface area (TPSA) is 100 Å². The Bertz CT molecular complexity index is 1090. The maximum absolute atomic E-state index is 14.3. The average molecular weight is 419 g/mol. The van der Waals surface area contributed by atoms with Gasteiger partial charge in [0.15, 0.2) is 0 Å². The van der Waals surface area contributed by atoms with Crippen LogP contribution in [0.3, 0.4) is 0 Å². The number of primary amides is 1. The smallest absolute Gasteiger partial charge is 0.237 e. The van der Waals surface area contributed by atoms with Crippen LogP contribution in [0.2, 0.25) is 0 Å². The van der Waals surface area contributed by atoms with Gasteiger partial charge in [-0.05, 0) is 60.7 Å². The van der Waals surface area contributed by atoms with Crippen LogP contribution in [0.5, 0.6) is 0 Å². The van der Waals surface area contributed by atoms with E-state index in [1.807, 2.05) is 0 Å². The molecule has 1 aliphatic carbocycles. The van der Waals surface area contributed by atoms with Crippen LogP contribution >= 0.6 is 0 Å². The number of aliphatic hydroxyl groups excluding tert-OH is 1. The molecule has 1 unspecified atom stereocenters. The fourth-order valence-corrected chi connectivity index (χ4v) is 3.53. The van der Waals surface area contributed by atoms with Gasteiger partial charge in [0.2, 0.25) is 12.3 Å². The van der Waals surface area contributed by atoms with Crippen molar-refractivity contribution in [1.29, 1.82) is 0 Å². The number of hydrogen-bond donors (Lipinski definition) is 4. The first-order valence-corrected chi connectivity index (χ1v) is 9.42. The van der Waals surface area contributed by atoms with Gasteiger partial charge < -0.3 is 20.6 Å². The van der Waals surface area contributed by atoms with Gasteiger partial charge in [-0.25, -0.2) is 13.2 Å². The molecule has 9 heteroatoms. The first kappa shape index (κ1) is 20.4. The van der Waals surface area contributed by atoms with Crippen LogP contribution in [-0.2, 0) is 16.0 Å². The minimum absolute atomic E-state index is 0.0116. The summed E-state index contributed by atoms with van der Waals surface area (Å²) in [6.07, 6.45) is -0.206. The number of hydrogen-bond acceptors (Lipinski definition) is 4. The molecule has 158 valence electrons. The van der Waals surface area contributed by atoms with Crippen molar-refractivity contribution in [3.8, 4) is 11.3 Å². The molecule has 1 amide bonds. The van der Waals surface area contributed by atoms with Crippen molar-refractivity contribution in [2.24, 2.45) is 5.73 Å². The highest BCUT2D eigenvalue weighted by atomic mass is 19.1. The summed E-state index contributed by atoms with van der Waals surface area (Å²) in [4.78, 5) is 14.3. The summed E-state index contributed by atoms with van der Waals surface area (Å²) in [6.45, 7) is -0.0116. The van der Waals surface area contributed by atoms with E-state index >= 15 is 0 Å². The number of ether oxygens (including phenoxy) is 1. The highest BCUT2D eigenvalue weighted by molar-refractivity contribution is 5.91. The predicted octanol–water partition coefficient (Wildman–Crippen LogP) is 2.69. The lowest BCUT2D eigenvalue weighted by Crippen LogP contribution is -2.49. The third-order valence-electron chi connectivity index (χ3n) is 5.31. The highest BCUT2D eigenvalue weighted by Gasteiger charge is 2.49. The number of aliphatic hydroxyl groups is 1. The SMILES string of the molecule is NC(=O)C1(NC(O)OCCc2c(-c3ccc(F)cc3)[nH]c3c(F)cc(F)cc23)CC1. The molecule has 0 saturated heterocycles. The molecule has 1 atom stereocenters. The van der Waals surface area contributed by atoms with Crippen molar-refractivity contribution in [3.63, 3.8) is 0 Å². The molecule has 0 aliphatic heterocycles. The molecule has 1 fully saturated rings. The maximum Gasteiger partial charge on any atom is 0.237 e. The summed E-state index contributed by atoms with van der Waals surface area (Å²) >= 11 is 0. The van der Waals surface area contributed by atoms with Gasteiger partial charge in [-0.2, -0.15) is 0 Å². The van der Waals surface area contributed by atoms with E-state index in [2.05, 4.69) is 10.3 Å². The summed E-state index contributed by atoms with van der Waals surface area (Å²) < 4.78 is 46.8. The van der Waals surface area contributed by atoms with Crippen molar-refractivity contribution in [2.75, 3.05) is 6.61 Å². The Morgan fingerprint density at radius 3 is 2.53 bits per heavy atom. The zero-order valence-electron chi connectivity index (χ0n) is 15.8. The molecule has 5 N–H and O–H groups in total. The van der Waals surface area contributed by atoms with E-state index in [0.29, 0.717) is 35.0 Å². The van der Waals surface area contributed by atoms with Gasteiger partial charge in [0.05, 0.1) is 12.1 Å². The second kappa shape index (κ2) is 7.75. The van der Waals surface area contributed by atoms with Gasteiger partial charge in [0, 0.05) is 17.1 Å². The highest BCUT2D eigenvalue weighted by Crippen LogP contribution is 2.35. The van der Waals surface area contributed by atoms with E-state index in [0.717, 1.165) is 6.07 Å². The summed E-state index contributed by atoms with van der Waals surface area (Å²) in [7, 11) is 0. The maximum atomic E-state index is 14.3. The molecule has 2 aromatic carbocycles. The normalized spacial score (nSPS) is 16.0. The van der Waals surface area contributed by atoms with Crippen LogP contribution in [0, 0.1) is 17.5 Å². The zero-order chi connectivity index (χ0) is 21.5. The fraction of sp³-hybridized carbons (Fsp3) is 0.286. The number of nitrogens with two attached hydrogens (primary N) is 1. The number of rotatable bonds is 8. The predicted molar refractivity (Wildman–Crippen MR) is 104 cm³/mol. The first-order chi connectivity index (χ1) is 14.3. The quantitative estimate of drug-likeness (QED) is 0.422. The summed E-state index contributed by atoms with van der Waals surface area (Å²) in [5.41, 5.74) is 6.11. The number of carbonyl (C=O) groups excluding carboxylic acids is 1. The van der Waals surface area contributed by atoms with Gasteiger partial charge in [-0.1, -0.05) is 0 Å². The third-order valence-corrected chi connectivity index (χ3v) is 5.31. The van der Waals surface area contributed by atoms with E-state index in [4.69, 9.17) is 10.5 Å². The number of carbonyl (C=O) groups is 1. The minimum Gasteiger partial charge on any atom is -0.368 e. The molecular formula is C21H20F3N3O3. The molecule has 3 aromatic rings. The van der Waals surface area contributed by atoms with Crippen LogP contribution in [0.4, 0.5) is 13.2 Å². The van der Waals surface area contributed by atoms with Crippen molar-refractivity contribution < 1.29 is 27.8 Å². The molecule has 1 heterocycles. The Morgan fingerprint density at radius 1 is 1.20 bits per heavy atom. The molecule has 1 saturated carbocycles. The van der Waals surface area contributed by atoms with Crippen LogP contribution in [0.1, 0.15) is 18.4 Å². The largest absolute Gasteiger partial charge is 0.368 e. The van der Waals surface area contributed by atoms with Gasteiger partial charge in [-0.3, -0.25) is 10.1 Å². The fourth-order valence-electron chi connectivity index (χ4n) is 3.53. The van der Waals surface area contributed by atoms with Crippen molar-refractivity contribution in [1.82, 2.24) is 10.3 Å². The monoisotopic (exact) mass is 419 g/mol. The van der Waals surface area contributed by atoms with Crippen molar-refractivity contribution in [3.05, 3.63) is 59.4 Å². The Labute approximate surface area is 169 Å². The molecule has 0 radical (unpaired) electrons. The molecule has 4 rings (SSSR count). The molecule has 30 heavy (non-hydrogen) atoms. The summed E-state index contributed by atoms with van der Waals surface area (Å²) in [5.74, 6) is -2.47. The lowest BCUT2D eigenvalue weighted by atomic mass is 10.0. The minimum atomic E-state index is -1.42. The van der Waals surface area contributed by atoms with Crippen LogP contribution in [-0.4, -0.2) is 34.6 Å². The molecule has 0 bridgehead atoms. The van der Waals surface area contributed by atoms with Gasteiger partial charge in [0.1, 0.15) is 23.0 Å². The summed E-state index contributed by atoms with van der Waals surface area (Å²) in [6, 6.07) is 7.57. The number of H-pyrrole nitrogens is 1. The Kier molecular flexibility index (Phi) is 5.27. The average Bonchev–Trinajstić information content (AvgIpc) is 3.38. The number of benzene rings is 2. The van der Waals surface area contributed by atoms with Gasteiger partial charge >= 0.3 is 0 Å². The van der Waals surface area contributed by atoms with Crippen LogP contribution < -0.4 is 11.1 Å². The number of halogens is 3. The van der Waals surface area contributed by atoms with E-state index in [-0.39, 0.29) is 18.5 Å². The number of amides is 1. The molecule has 1 aliphatic rings. The second-order valence-corrected chi connectivity index (χ2v) is 7.36. The first-order valence-electron chi connectivity index (χ1n) is 9.42. The number of nitrogens with one attached hydrogen (secondary N) is 2. The molecule has 0 spiro atoms. The molecule has 6 nitrogen and oxygen atoms in total. The van der Waals surface area contributed by atoms with Crippen molar-refractivity contribution in [2.45, 2.75) is 31.2 Å². The standard InChI is InChI=1S/C21H20F3N3O3/c22-12-3-1-11(2-4-12)17-14(15-9-13(23)10-16(24)18(15)26-17)5-8-30-20(29)27-21(6-7-21)19(25)28/h1-4,9-10,20,26-27,29H,5-8H2,(H2,25,28). The number of aromatic nitrogens is 1. The van der Waals surface area contributed by atoms with E-state index in [9.17, 15) is 23.1 Å². The van der Waals surface area contributed by atoms with Gasteiger partial charge in [-0.15, -0.1) is 0 Å². The lowest BCUT2D eigenvalue weighted by Gasteiger charge is -2.19. The van der Waals surface area contributed by atoms with E-state index in [1.54, 1.807) is 0 Å². The van der Waals surface area contributed by atoms with E-state index < -0.39 is 35.3 Å². The van der Waals surface area contributed by atoms with Gasteiger partial charge in [0.25, 0.3) is 0 Å². The zero-order valence-corrected chi connectivity index (χ0v) is 15.8. The Hall–Kier alpha value is -2.88. The van der Waals surface area contributed by atoms with Crippen LogP contribution in [0.25, 0.3) is 22.2 Å². The Balaban J connectivity index is 1.58. The third kappa shape index (κ3) is 3.91. The number of aromatic amines is 1. The van der Waals surface area contributed by atoms with E-state index in [1.165, 1.54) is 30.3 Å². The number of fused-ring (bicyclic) bond motifs is 1. The van der Waals surface area contributed by atoms with Crippen molar-refractivity contribution >= 4 is 16.8 Å². The molecule has 1 aromatic heterocycles. The van der Waals surface area contributed by atoms with Crippen LogP contribution in [0.15, 0.2) is 36.4 Å². The lowest BCUT2D eigenvalue weighted by molar-refractivity contribution is -0.140. The second-order valence-electron chi connectivity index (χ2n) is 7.36. The molecular weight excluding hydrogens is 399 g/mol. The Morgan fingerprint density at radius 2 is 1.90 bits per heavy atom.